The standard InChI is InChI=1S/C16H13N5O5/c22-13-5-4-12(14(23)17-13)20-6-9-8(15(20)24)2-1-3-11(9)21-7-10(16(25)26)18-19-21/h1-3,7,12H,4-6H2,(H,25,26)(H,17,22,23). The summed E-state index contributed by atoms with van der Waals surface area (Å²) >= 11 is 0. The van der Waals surface area contributed by atoms with Crippen molar-refractivity contribution in [3.8, 4) is 5.69 Å². The molecule has 4 rings (SSSR count). The molecule has 2 aliphatic rings. The number of piperidine rings is 1. The van der Waals surface area contributed by atoms with Crippen LogP contribution in [0.2, 0.25) is 0 Å². The third-order valence-electron chi connectivity index (χ3n) is 4.52. The summed E-state index contributed by atoms with van der Waals surface area (Å²) in [7, 11) is 0. The first-order valence-electron chi connectivity index (χ1n) is 7.88. The van der Waals surface area contributed by atoms with E-state index in [1.807, 2.05) is 0 Å². The van der Waals surface area contributed by atoms with Crippen molar-refractivity contribution < 1.29 is 24.3 Å². The summed E-state index contributed by atoms with van der Waals surface area (Å²) in [5, 5.41) is 18.6. The van der Waals surface area contributed by atoms with Crippen molar-refractivity contribution in [3.63, 3.8) is 0 Å². The molecule has 1 unspecified atom stereocenters. The van der Waals surface area contributed by atoms with Gasteiger partial charge in [-0.15, -0.1) is 5.10 Å². The number of carboxylic acid groups (broad SMARTS) is 1. The Morgan fingerprint density at radius 3 is 2.77 bits per heavy atom. The van der Waals surface area contributed by atoms with Crippen LogP contribution in [-0.2, 0) is 16.1 Å². The van der Waals surface area contributed by atoms with E-state index in [-0.39, 0.29) is 36.9 Å². The first-order valence-corrected chi connectivity index (χ1v) is 7.88. The summed E-state index contributed by atoms with van der Waals surface area (Å²) in [5.74, 6) is -2.35. The minimum atomic E-state index is -1.20. The molecule has 10 nitrogen and oxygen atoms in total. The van der Waals surface area contributed by atoms with Crippen LogP contribution in [0.3, 0.4) is 0 Å². The van der Waals surface area contributed by atoms with Crippen LogP contribution in [0.25, 0.3) is 5.69 Å². The van der Waals surface area contributed by atoms with E-state index in [4.69, 9.17) is 5.11 Å². The molecule has 132 valence electrons. The molecular formula is C16H13N5O5. The second-order valence-electron chi connectivity index (χ2n) is 6.06. The number of fused-ring (bicyclic) bond motifs is 1. The Balaban J connectivity index is 1.69. The molecule has 2 aromatic rings. The molecular weight excluding hydrogens is 342 g/mol. The van der Waals surface area contributed by atoms with E-state index in [1.54, 1.807) is 18.2 Å². The maximum atomic E-state index is 12.7. The SMILES string of the molecule is O=C1CCC(N2Cc3c(cccc3-n3cc(C(=O)O)nn3)C2=O)C(=O)N1. The van der Waals surface area contributed by atoms with E-state index < -0.39 is 17.9 Å². The van der Waals surface area contributed by atoms with Crippen LogP contribution in [-0.4, -0.2) is 54.7 Å². The number of nitrogens with one attached hydrogen (secondary N) is 1. The van der Waals surface area contributed by atoms with Gasteiger partial charge in [-0.3, -0.25) is 19.7 Å². The second kappa shape index (κ2) is 5.76. The molecule has 3 heterocycles. The molecule has 0 aliphatic carbocycles. The summed E-state index contributed by atoms with van der Waals surface area (Å²) < 4.78 is 1.30. The third-order valence-corrected chi connectivity index (χ3v) is 4.52. The van der Waals surface area contributed by atoms with E-state index >= 15 is 0 Å². The van der Waals surface area contributed by atoms with E-state index in [2.05, 4.69) is 15.6 Å². The first-order chi connectivity index (χ1) is 12.5. The number of carbonyl (C=O) groups excluding carboxylic acids is 3. The topological polar surface area (TPSA) is 134 Å². The Bertz CT molecular complexity index is 966. The highest BCUT2D eigenvalue weighted by Gasteiger charge is 2.40. The van der Waals surface area contributed by atoms with Crippen LogP contribution in [0.15, 0.2) is 24.4 Å². The van der Waals surface area contributed by atoms with Gasteiger partial charge in [0, 0.05) is 24.1 Å². The van der Waals surface area contributed by atoms with Gasteiger partial charge in [-0.1, -0.05) is 11.3 Å². The molecule has 1 saturated heterocycles. The Labute approximate surface area is 146 Å². The zero-order valence-electron chi connectivity index (χ0n) is 13.4. The fourth-order valence-corrected chi connectivity index (χ4v) is 3.26. The van der Waals surface area contributed by atoms with Gasteiger partial charge in [0.15, 0.2) is 5.69 Å². The van der Waals surface area contributed by atoms with Crippen molar-refractivity contribution in [1.29, 1.82) is 0 Å². The average molecular weight is 355 g/mol. The van der Waals surface area contributed by atoms with Gasteiger partial charge >= 0.3 is 5.97 Å². The molecule has 0 saturated carbocycles. The molecule has 1 aromatic heterocycles. The number of rotatable bonds is 3. The minimum absolute atomic E-state index is 0.166. The number of benzene rings is 1. The summed E-state index contributed by atoms with van der Waals surface area (Å²) in [6.45, 7) is 0.166. The lowest BCUT2D eigenvalue weighted by Crippen LogP contribution is -2.52. The van der Waals surface area contributed by atoms with Gasteiger partial charge in [0.2, 0.25) is 11.8 Å². The second-order valence-corrected chi connectivity index (χ2v) is 6.06. The molecule has 1 aromatic carbocycles. The lowest BCUT2D eigenvalue weighted by atomic mass is 10.0. The summed E-state index contributed by atoms with van der Waals surface area (Å²) in [6.07, 6.45) is 1.71. The quantitative estimate of drug-likeness (QED) is 0.723. The molecule has 26 heavy (non-hydrogen) atoms. The number of carbonyl (C=O) groups is 4. The molecule has 1 atom stereocenters. The van der Waals surface area contributed by atoms with Crippen molar-refractivity contribution in [2.45, 2.75) is 25.4 Å². The predicted molar refractivity (Wildman–Crippen MR) is 84.4 cm³/mol. The van der Waals surface area contributed by atoms with Crippen molar-refractivity contribution in [1.82, 2.24) is 25.2 Å². The van der Waals surface area contributed by atoms with Crippen LogP contribution < -0.4 is 5.32 Å². The van der Waals surface area contributed by atoms with E-state index in [9.17, 15) is 19.2 Å². The molecule has 2 aliphatic heterocycles. The maximum Gasteiger partial charge on any atom is 0.358 e. The van der Waals surface area contributed by atoms with Gasteiger partial charge < -0.3 is 10.0 Å². The smallest absolute Gasteiger partial charge is 0.358 e. The normalized spacial score (nSPS) is 19.5. The Hall–Kier alpha value is -3.56. The van der Waals surface area contributed by atoms with Gasteiger partial charge in [0.05, 0.1) is 11.9 Å². The highest BCUT2D eigenvalue weighted by molar-refractivity contribution is 6.05. The largest absolute Gasteiger partial charge is 0.476 e. The fraction of sp³-hybridized carbons (Fsp3) is 0.250. The molecule has 10 heteroatoms. The maximum absolute atomic E-state index is 12.7. The molecule has 3 amide bonds. The Morgan fingerprint density at radius 2 is 2.08 bits per heavy atom. The van der Waals surface area contributed by atoms with E-state index in [1.165, 1.54) is 15.8 Å². The summed E-state index contributed by atoms with van der Waals surface area (Å²) in [5.41, 5.74) is 1.35. The monoisotopic (exact) mass is 355 g/mol. The summed E-state index contributed by atoms with van der Waals surface area (Å²) in [4.78, 5) is 48.6. The fourth-order valence-electron chi connectivity index (χ4n) is 3.26. The lowest BCUT2D eigenvalue weighted by Gasteiger charge is -2.29. The number of hydrogen-bond acceptors (Lipinski definition) is 6. The van der Waals surface area contributed by atoms with Gasteiger partial charge in [-0.05, 0) is 18.6 Å². The van der Waals surface area contributed by atoms with Crippen LogP contribution >= 0.6 is 0 Å². The zero-order valence-corrected chi connectivity index (χ0v) is 13.4. The third kappa shape index (κ3) is 2.42. The van der Waals surface area contributed by atoms with Crippen LogP contribution in [0, 0.1) is 0 Å². The number of aromatic nitrogens is 3. The van der Waals surface area contributed by atoms with Crippen molar-refractivity contribution in [2.75, 3.05) is 0 Å². The van der Waals surface area contributed by atoms with Gasteiger partial charge in [0.25, 0.3) is 5.91 Å². The van der Waals surface area contributed by atoms with Crippen LogP contribution in [0.4, 0.5) is 0 Å². The van der Waals surface area contributed by atoms with Crippen molar-refractivity contribution >= 4 is 23.7 Å². The highest BCUT2D eigenvalue weighted by Crippen LogP contribution is 2.31. The number of nitrogens with zero attached hydrogens (tertiary/aromatic N) is 4. The van der Waals surface area contributed by atoms with Crippen molar-refractivity contribution in [2.24, 2.45) is 0 Å². The minimum Gasteiger partial charge on any atom is -0.476 e. The lowest BCUT2D eigenvalue weighted by molar-refractivity contribution is -0.136. The predicted octanol–water partition coefficient (Wildman–Crippen LogP) is -0.273. The molecule has 0 radical (unpaired) electrons. The first kappa shape index (κ1) is 15.9. The van der Waals surface area contributed by atoms with Gasteiger partial charge in [0.1, 0.15) is 6.04 Å². The van der Waals surface area contributed by atoms with E-state index in [0.717, 1.165) is 0 Å². The van der Waals surface area contributed by atoms with Gasteiger partial charge in [-0.2, -0.15) is 0 Å². The van der Waals surface area contributed by atoms with Crippen LogP contribution in [0.1, 0.15) is 39.3 Å². The number of carboxylic acids is 1. The molecule has 0 spiro atoms. The summed E-state index contributed by atoms with van der Waals surface area (Å²) in [6, 6.07) is 4.27. The number of imide groups is 1. The Kier molecular flexibility index (Phi) is 3.53. The molecule has 2 N–H and O–H groups in total. The number of amides is 3. The zero-order chi connectivity index (χ0) is 18.4. The Morgan fingerprint density at radius 1 is 1.27 bits per heavy atom. The number of aromatic carboxylic acids is 1. The molecule has 0 bridgehead atoms. The molecule has 1 fully saturated rings. The highest BCUT2D eigenvalue weighted by atomic mass is 16.4. The van der Waals surface area contributed by atoms with Crippen LogP contribution in [0.5, 0.6) is 0 Å². The van der Waals surface area contributed by atoms with Gasteiger partial charge in [-0.25, -0.2) is 9.48 Å². The van der Waals surface area contributed by atoms with Crippen molar-refractivity contribution in [3.05, 3.63) is 41.2 Å². The van der Waals surface area contributed by atoms with E-state index in [0.29, 0.717) is 16.8 Å². The number of hydrogen-bond donors (Lipinski definition) is 2. The average Bonchev–Trinajstić information content (AvgIpc) is 3.21.